The summed E-state index contributed by atoms with van der Waals surface area (Å²) in [5.41, 5.74) is 5.58. The van der Waals surface area contributed by atoms with Crippen LogP contribution in [0.1, 0.15) is 19.3 Å². The maximum atomic E-state index is 10.2. The normalized spacial score (nSPS) is 48.9. The minimum absolute atomic E-state index is 0.0115. The van der Waals surface area contributed by atoms with Gasteiger partial charge in [0.15, 0.2) is 0 Å². The third-order valence-electron chi connectivity index (χ3n) is 2.44. The van der Waals surface area contributed by atoms with Crippen LogP contribution >= 0.6 is 0 Å². The van der Waals surface area contributed by atoms with Crippen LogP contribution in [0.15, 0.2) is 0 Å². The fourth-order valence-corrected chi connectivity index (χ4v) is 2.23. The summed E-state index contributed by atoms with van der Waals surface area (Å²) in [5.74, 6) is 0. The highest BCUT2D eigenvalue weighted by Gasteiger charge is 2.66. The van der Waals surface area contributed by atoms with Crippen molar-refractivity contribution < 1.29 is 9.90 Å². The van der Waals surface area contributed by atoms with Crippen LogP contribution in [0, 0.1) is 0 Å². The lowest BCUT2D eigenvalue weighted by Gasteiger charge is -2.68. The molecule has 0 aliphatic heterocycles. The Morgan fingerprint density at radius 2 is 2.00 bits per heavy atom. The second kappa shape index (κ2) is 1.29. The quantitative estimate of drug-likeness (QED) is 0.478. The maximum absolute atomic E-state index is 10.2. The van der Waals surface area contributed by atoms with E-state index < -0.39 is 6.09 Å². The van der Waals surface area contributed by atoms with Crippen LogP contribution in [0.25, 0.3) is 0 Å². The van der Waals surface area contributed by atoms with Crippen molar-refractivity contribution in [2.45, 2.75) is 30.3 Å². The van der Waals surface area contributed by atoms with E-state index >= 15 is 0 Å². The highest BCUT2D eigenvalue weighted by molar-refractivity contribution is 5.67. The van der Waals surface area contributed by atoms with E-state index in [2.05, 4.69) is 5.32 Å². The van der Waals surface area contributed by atoms with Crippen molar-refractivity contribution in [2.75, 3.05) is 0 Å². The molecule has 3 aliphatic rings. The fraction of sp³-hybridized carbons (Fsp3) is 0.833. The lowest BCUT2D eigenvalue weighted by Crippen LogP contribution is -2.82. The molecule has 0 saturated heterocycles. The molecule has 0 spiro atoms. The predicted molar refractivity (Wildman–Crippen MR) is 34.7 cm³/mol. The van der Waals surface area contributed by atoms with Crippen LogP contribution in [0.4, 0.5) is 4.79 Å². The second-order valence-corrected chi connectivity index (χ2v) is 3.60. The van der Waals surface area contributed by atoms with Crippen LogP contribution < -0.4 is 11.1 Å². The molecule has 3 fully saturated rings. The largest absolute Gasteiger partial charge is 0.465 e. The van der Waals surface area contributed by atoms with Gasteiger partial charge in [0.2, 0.25) is 0 Å². The van der Waals surface area contributed by atoms with Gasteiger partial charge in [0.1, 0.15) is 0 Å². The molecule has 4 heteroatoms. The van der Waals surface area contributed by atoms with Gasteiger partial charge in [0, 0.05) is 11.1 Å². The Morgan fingerprint density at radius 3 is 2.30 bits per heavy atom. The first-order valence-corrected chi connectivity index (χ1v) is 3.34. The Bertz CT molecular complexity index is 182. The van der Waals surface area contributed by atoms with E-state index in [1.165, 1.54) is 0 Å². The molecule has 10 heavy (non-hydrogen) atoms. The van der Waals surface area contributed by atoms with E-state index in [0.717, 1.165) is 19.3 Å². The van der Waals surface area contributed by atoms with Crippen LogP contribution in [-0.2, 0) is 0 Å². The Balaban J connectivity index is 1.93. The van der Waals surface area contributed by atoms with Gasteiger partial charge in [-0.25, -0.2) is 4.79 Å². The summed E-state index contributed by atoms with van der Waals surface area (Å²) in [6.07, 6.45) is 1.55. The first-order chi connectivity index (χ1) is 4.54. The van der Waals surface area contributed by atoms with E-state index in [9.17, 15) is 4.79 Å². The molecule has 3 saturated carbocycles. The first kappa shape index (κ1) is 5.97. The van der Waals surface area contributed by atoms with E-state index in [1.54, 1.807) is 0 Å². The predicted octanol–water partition coefficient (Wildman–Crippen LogP) is -0.112. The molecular weight excluding hydrogens is 132 g/mol. The van der Waals surface area contributed by atoms with Crippen molar-refractivity contribution in [3.8, 4) is 0 Å². The number of nitrogens with one attached hydrogen (secondary N) is 1. The van der Waals surface area contributed by atoms with Gasteiger partial charge in [-0.3, -0.25) is 0 Å². The molecule has 1 amide bonds. The first-order valence-electron chi connectivity index (χ1n) is 3.34. The SMILES string of the molecule is NC12CC(NC(=O)O)(C1)C2. The van der Waals surface area contributed by atoms with Gasteiger partial charge in [-0.15, -0.1) is 0 Å². The lowest BCUT2D eigenvalue weighted by atomic mass is 9.45. The average molecular weight is 142 g/mol. The summed E-state index contributed by atoms with van der Waals surface area (Å²) >= 11 is 0. The third kappa shape index (κ3) is 0.568. The van der Waals surface area contributed by atoms with Crippen LogP contribution in [-0.4, -0.2) is 22.3 Å². The van der Waals surface area contributed by atoms with Crippen molar-refractivity contribution in [3.63, 3.8) is 0 Å². The Morgan fingerprint density at radius 1 is 1.50 bits per heavy atom. The van der Waals surface area contributed by atoms with E-state index in [0.29, 0.717) is 0 Å². The highest BCUT2D eigenvalue weighted by Crippen LogP contribution is 2.58. The molecule has 56 valence electrons. The van der Waals surface area contributed by atoms with Gasteiger partial charge < -0.3 is 16.2 Å². The Hall–Kier alpha value is -0.770. The number of nitrogens with two attached hydrogens (primary N) is 1. The molecule has 0 aromatic heterocycles. The van der Waals surface area contributed by atoms with E-state index in [4.69, 9.17) is 10.8 Å². The summed E-state index contributed by atoms with van der Waals surface area (Å²) in [6.45, 7) is 0. The molecule has 3 rings (SSSR count). The minimum Gasteiger partial charge on any atom is -0.465 e. The molecule has 0 unspecified atom stereocenters. The van der Waals surface area contributed by atoms with Crippen molar-refractivity contribution >= 4 is 6.09 Å². The molecule has 4 nitrogen and oxygen atoms in total. The zero-order chi connectivity index (χ0) is 7.41. The fourth-order valence-electron chi connectivity index (χ4n) is 2.23. The molecular formula is C6H10N2O2. The van der Waals surface area contributed by atoms with Gasteiger partial charge in [-0.1, -0.05) is 0 Å². The Kier molecular flexibility index (Phi) is 0.773. The number of carbonyl (C=O) groups is 1. The zero-order valence-corrected chi connectivity index (χ0v) is 5.55. The Labute approximate surface area is 58.4 Å². The van der Waals surface area contributed by atoms with Crippen LogP contribution in [0.5, 0.6) is 0 Å². The third-order valence-corrected chi connectivity index (χ3v) is 2.44. The number of rotatable bonds is 1. The summed E-state index contributed by atoms with van der Waals surface area (Å²) in [5, 5.41) is 10.9. The number of carboxylic acid groups (broad SMARTS) is 1. The standard InChI is InChI=1S/C6H10N2O2/c7-5-1-6(2-5,3-5)8-4(9)10/h8H,1-3,7H2,(H,9,10). The summed E-state index contributed by atoms with van der Waals surface area (Å²) in [4.78, 5) is 10.2. The molecule has 0 radical (unpaired) electrons. The number of hydrogen-bond donors (Lipinski definition) is 3. The second-order valence-electron chi connectivity index (χ2n) is 3.60. The van der Waals surface area contributed by atoms with Crippen molar-refractivity contribution in [1.29, 1.82) is 0 Å². The number of amides is 1. The summed E-state index contributed by atoms with van der Waals surface area (Å²) < 4.78 is 0. The lowest BCUT2D eigenvalue weighted by molar-refractivity contribution is -0.0725. The zero-order valence-electron chi connectivity index (χ0n) is 5.55. The topological polar surface area (TPSA) is 75.3 Å². The van der Waals surface area contributed by atoms with Crippen molar-refractivity contribution in [2.24, 2.45) is 5.73 Å². The number of hydrogen-bond acceptors (Lipinski definition) is 2. The van der Waals surface area contributed by atoms with Gasteiger partial charge in [0.05, 0.1) is 0 Å². The summed E-state index contributed by atoms with van der Waals surface area (Å²) in [7, 11) is 0. The van der Waals surface area contributed by atoms with Crippen molar-refractivity contribution in [1.82, 2.24) is 5.32 Å². The van der Waals surface area contributed by atoms with Crippen LogP contribution in [0.3, 0.4) is 0 Å². The smallest absolute Gasteiger partial charge is 0.405 e. The molecule has 0 atom stereocenters. The molecule has 3 aliphatic carbocycles. The van der Waals surface area contributed by atoms with Gasteiger partial charge in [-0.2, -0.15) is 0 Å². The van der Waals surface area contributed by atoms with E-state index in [-0.39, 0.29) is 11.1 Å². The highest BCUT2D eigenvalue weighted by atomic mass is 16.4. The molecule has 2 bridgehead atoms. The monoisotopic (exact) mass is 142 g/mol. The van der Waals surface area contributed by atoms with Gasteiger partial charge in [0.25, 0.3) is 0 Å². The summed E-state index contributed by atoms with van der Waals surface area (Å²) in [6, 6.07) is 0. The van der Waals surface area contributed by atoms with Gasteiger partial charge >= 0.3 is 6.09 Å². The van der Waals surface area contributed by atoms with Crippen molar-refractivity contribution in [3.05, 3.63) is 0 Å². The molecule has 0 aromatic carbocycles. The molecule has 0 aromatic rings. The maximum Gasteiger partial charge on any atom is 0.405 e. The van der Waals surface area contributed by atoms with E-state index in [1.807, 2.05) is 0 Å². The molecule has 0 heterocycles. The van der Waals surface area contributed by atoms with Crippen LogP contribution in [0.2, 0.25) is 0 Å². The molecule has 4 N–H and O–H groups in total. The minimum atomic E-state index is -0.929. The van der Waals surface area contributed by atoms with Gasteiger partial charge in [-0.05, 0) is 19.3 Å². The average Bonchev–Trinajstić information content (AvgIpc) is 1.56.